The molecule has 1 heterocycles. The standard InChI is InChI=1S/C16H17N3O/c1-11-18-14-9-12(16(17-10-20)7-2-8-16)3-6-15(14)19(11)13-4-5-13/h3,6,9,13H,2,4-5,7-8H2,1H3. The molecule has 102 valence electrons. The molecular weight excluding hydrogens is 250 g/mol. The second-order valence-corrected chi connectivity index (χ2v) is 6.05. The Hall–Kier alpha value is -1.93. The zero-order valence-electron chi connectivity index (χ0n) is 11.6. The maximum atomic E-state index is 10.7. The highest BCUT2D eigenvalue weighted by Crippen LogP contribution is 2.46. The molecule has 2 saturated carbocycles. The van der Waals surface area contributed by atoms with E-state index in [0.717, 1.165) is 36.2 Å². The SMILES string of the molecule is Cc1nc2cc(C3(N=C=O)CCC3)ccc2n1C1CC1. The van der Waals surface area contributed by atoms with Gasteiger partial charge in [0.15, 0.2) is 0 Å². The molecule has 1 aromatic heterocycles. The van der Waals surface area contributed by atoms with Crippen molar-refractivity contribution in [1.29, 1.82) is 0 Å². The number of isocyanates is 1. The summed E-state index contributed by atoms with van der Waals surface area (Å²) in [7, 11) is 0. The highest BCUT2D eigenvalue weighted by molar-refractivity contribution is 5.77. The maximum Gasteiger partial charge on any atom is 0.235 e. The molecule has 2 fully saturated rings. The van der Waals surface area contributed by atoms with Crippen LogP contribution < -0.4 is 0 Å². The van der Waals surface area contributed by atoms with Gasteiger partial charge in [0.1, 0.15) is 5.82 Å². The molecule has 0 bridgehead atoms. The molecule has 20 heavy (non-hydrogen) atoms. The number of benzene rings is 1. The quantitative estimate of drug-likeness (QED) is 0.632. The normalized spacial score (nSPS) is 20.4. The average molecular weight is 267 g/mol. The molecule has 2 aromatic rings. The van der Waals surface area contributed by atoms with Crippen molar-refractivity contribution in [2.75, 3.05) is 0 Å². The van der Waals surface area contributed by atoms with Gasteiger partial charge in [-0.05, 0) is 56.7 Å². The number of hydrogen-bond donors (Lipinski definition) is 0. The number of rotatable bonds is 3. The van der Waals surface area contributed by atoms with Crippen molar-refractivity contribution in [2.24, 2.45) is 4.99 Å². The minimum absolute atomic E-state index is 0.326. The highest BCUT2D eigenvalue weighted by atomic mass is 16.1. The fourth-order valence-electron chi connectivity index (χ4n) is 3.37. The number of aromatic nitrogens is 2. The summed E-state index contributed by atoms with van der Waals surface area (Å²) in [5.41, 5.74) is 3.02. The third-order valence-electron chi connectivity index (χ3n) is 4.76. The number of fused-ring (bicyclic) bond motifs is 1. The van der Waals surface area contributed by atoms with E-state index in [1.165, 1.54) is 18.4 Å². The number of aliphatic imine (C=N–C) groups is 1. The van der Waals surface area contributed by atoms with Crippen molar-refractivity contribution in [3.05, 3.63) is 29.6 Å². The predicted octanol–water partition coefficient (Wildman–Crippen LogP) is 3.39. The number of hydrogen-bond acceptors (Lipinski definition) is 3. The highest BCUT2D eigenvalue weighted by Gasteiger charge is 2.39. The maximum absolute atomic E-state index is 10.7. The van der Waals surface area contributed by atoms with E-state index in [9.17, 15) is 4.79 Å². The molecule has 2 aliphatic carbocycles. The molecule has 4 heteroatoms. The molecular formula is C16H17N3O. The molecule has 4 rings (SSSR count). The average Bonchev–Trinajstić information content (AvgIpc) is 3.16. The van der Waals surface area contributed by atoms with Gasteiger partial charge < -0.3 is 4.57 Å². The predicted molar refractivity (Wildman–Crippen MR) is 76.4 cm³/mol. The number of nitrogens with zero attached hydrogens (tertiary/aromatic N) is 3. The van der Waals surface area contributed by atoms with Crippen LogP contribution in [0.3, 0.4) is 0 Å². The van der Waals surface area contributed by atoms with Crippen molar-refractivity contribution in [3.8, 4) is 0 Å². The van der Waals surface area contributed by atoms with Crippen LogP contribution in [0.1, 0.15) is 49.5 Å². The summed E-state index contributed by atoms with van der Waals surface area (Å²) in [6, 6.07) is 7.00. The first-order valence-corrected chi connectivity index (χ1v) is 7.32. The Morgan fingerprint density at radius 1 is 1.40 bits per heavy atom. The summed E-state index contributed by atoms with van der Waals surface area (Å²) in [6.07, 6.45) is 7.27. The Kier molecular flexibility index (Phi) is 2.39. The fraction of sp³-hybridized carbons (Fsp3) is 0.500. The molecule has 1 aromatic carbocycles. The Bertz CT molecular complexity index is 732. The Balaban J connectivity index is 1.85. The van der Waals surface area contributed by atoms with Crippen LogP contribution in [0.2, 0.25) is 0 Å². The van der Waals surface area contributed by atoms with Crippen molar-refractivity contribution >= 4 is 17.1 Å². The second-order valence-electron chi connectivity index (χ2n) is 6.05. The molecule has 0 amide bonds. The van der Waals surface area contributed by atoms with Gasteiger partial charge in [0.25, 0.3) is 0 Å². The third-order valence-corrected chi connectivity index (χ3v) is 4.76. The monoisotopic (exact) mass is 267 g/mol. The van der Waals surface area contributed by atoms with E-state index in [4.69, 9.17) is 0 Å². The number of carbonyl (C=O) groups excluding carboxylic acids is 1. The summed E-state index contributed by atoms with van der Waals surface area (Å²) < 4.78 is 2.34. The minimum atomic E-state index is -0.326. The van der Waals surface area contributed by atoms with E-state index in [-0.39, 0.29) is 5.54 Å². The largest absolute Gasteiger partial charge is 0.325 e. The van der Waals surface area contributed by atoms with E-state index in [1.807, 2.05) is 0 Å². The summed E-state index contributed by atoms with van der Waals surface area (Å²) in [6.45, 7) is 2.07. The van der Waals surface area contributed by atoms with Gasteiger partial charge >= 0.3 is 0 Å². The van der Waals surface area contributed by atoms with E-state index >= 15 is 0 Å². The Morgan fingerprint density at radius 2 is 2.20 bits per heavy atom. The van der Waals surface area contributed by atoms with Crippen LogP contribution in [0, 0.1) is 6.92 Å². The van der Waals surface area contributed by atoms with Gasteiger partial charge in [-0.15, -0.1) is 0 Å². The molecule has 0 radical (unpaired) electrons. The van der Waals surface area contributed by atoms with Crippen LogP contribution in [0.15, 0.2) is 23.2 Å². The van der Waals surface area contributed by atoms with E-state index in [1.54, 1.807) is 6.08 Å². The molecule has 0 aliphatic heterocycles. The van der Waals surface area contributed by atoms with Crippen LogP contribution in [-0.2, 0) is 10.3 Å². The minimum Gasteiger partial charge on any atom is -0.325 e. The lowest BCUT2D eigenvalue weighted by atomic mass is 9.72. The Labute approximate surface area is 117 Å². The van der Waals surface area contributed by atoms with Crippen molar-refractivity contribution < 1.29 is 4.79 Å². The van der Waals surface area contributed by atoms with Crippen LogP contribution in [0.4, 0.5) is 0 Å². The molecule has 4 nitrogen and oxygen atoms in total. The van der Waals surface area contributed by atoms with E-state index < -0.39 is 0 Å². The fourth-order valence-corrected chi connectivity index (χ4v) is 3.37. The summed E-state index contributed by atoms with van der Waals surface area (Å²) in [4.78, 5) is 19.5. The molecule has 0 atom stereocenters. The van der Waals surface area contributed by atoms with Crippen molar-refractivity contribution in [3.63, 3.8) is 0 Å². The lowest BCUT2D eigenvalue weighted by Crippen LogP contribution is -2.31. The summed E-state index contributed by atoms with van der Waals surface area (Å²) in [5.74, 6) is 1.08. The van der Waals surface area contributed by atoms with Gasteiger partial charge in [0.2, 0.25) is 6.08 Å². The van der Waals surface area contributed by atoms with Gasteiger partial charge in [-0.25, -0.2) is 9.78 Å². The summed E-state index contributed by atoms with van der Waals surface area (Å²) in [5, 5.41) is 0. The van der Waals surface area contributed by atoms with E-state index in [0.29, 0.717) is 6.04 Å². The van der Waals surface area contributed by atoms with Gasteiger partial charge in [0.05, 0.1) is 16.6 Å². The first kappa shape index (κ1) is 11.9. The smallest absolute Gasteiger partial charge is 0.235 e. The molecule has 0 spiro atoms. The number of aryl methyl sites for hydroxylation is 1. The topological polar surface area (TPSA) is 47.2 Å². The van der Waals surface area contributed by atoms with Gasteiger partial charge in [-0.3, -0.25) is 0 Å². The van der Waals surface area contributed by atoms with Crippen LogP contribution in [0.5, 0.6) is 0 Å². The lowest BCUT2D eigenvalue weighted by Gasteiger charge is -2.37. The summed E-state index contributed by atoms with van der Waals surface area (Å²) >= 11 is 0. The molecule has 0 unspecified atom stereocenters. The third kappa shape index (κ3) is 1.58. The van der Waals surface area contributed by atoms with Gasteiger partial charge in [-0.1, -0.05) is 6.07 Å². The van der Waals surface area contributed by atoms with Crippen molar-refractivity contribution in [2.45, 2.75) is 50.6 Å². The Morgan fingerprint density at radius 3 is 2.80 bits per heavy atom. The van der Waals surface area contributed by atoms with Gasteiger partial charge in [0, 0.05) is 6.04 Å². The van der Waals surface area contributed by atoms with Crippen LogP contribution >= 0.6 is 0 Å². The van der Waals surface area contributed by atoms with Gasteiger partial charge in [-0.2, -0.15) is 4.99 Å². The lowest BCUT2D eigenvalue weighted by molar-refractivity contribution is 0.256. The molecule has 0 N–H and O–H groups in total. The first-order valence-electron chi connectivity index (χ1n) is 7.32. The van der Waals surface area contributed by atoms with E-state index in [2.05, 4.69) is 39.7 Å². The zero-order chi connectivity index (χ0) is 13.7. The second kappa shape index (κ2) is 4.03. The zero-order valence-corrected chi connectivity index (χ0v) is 11.6. The van der Waals surface area contributed by atoms with Crippen LogP contribution in [-0.4, -0.2) is 15.6 Å². The first-order chi connectivity index (χ1) is 9.73. The molecule has 2 aliphatic rings. The molecule has 0 saturated heterocycles. The number of imidazole rings is 1. The van der Waals surface area contributed by atoms with Crippen LogP contribution in [0.25, 0.3) is 11.0 Å². The van der Waals surface area contributed by atoms with Crippen molar-refractivity contribution in [1.82, 2.24) is 9.55 Å².